The van der Waals surface area contributed by atoms with Crippen LogP contribution in [0, 0.1) is 6.92 Å². The number of hydrogen-bond donors (Lipinski definition) is 1. The minimum absolute atomic E-state index is 0.165. The summed E-state index contributed by atoms with van der Waals surface area (Å²) in [5.41, 5.74) is 1.14. The van der Waals surface area contributed by atoms with Gasteiger partial charge in [0.1, 0.15) is 0 Å². The molecule has 0 aromatic carbocycles. The van der Waals surface area contributed by atoms with Crippen molar-refractivity contribution in [1.29, 1.82) is 0 Å². The molecule has 0 saturated heterocycles. The molecule has 4 nitrogen and oxygen atoms in total. The van der Waals surface area contributed by atoms with Crippen molar-refractivity contribution in [2.24, 2.45) is 0 Å². The van der Waals surface area contributed by atoms with Crippen molar-refractivity contribution in [3.63, 3.8) is 0 Å². The number of pyridine rings is 1. The average Bonchev–Trinajstić information content (AvgIpc) is 2.62. The topological polar surface area (TPSA) is 59.2 Å². The van der Waals surface area contributed by atoms with E-state index in [0.717, 1.165) is 5.56 Å². The Morgan fingerprint density at radius 3 is 3.00 bits per heavy atom. The third-order valence-electron chi connectivity index (χ3n) is 2.29. The largest absolute Gasteiger partial charge is 0.462 e. The van der Waals surface area contributed by atoms with Gasteiger partial charge in [-0.15, -0.1) is 11.3 Å². The van der Waals surface area contributed by atoms with Gasteiger partial charge in [0.15, 0.2) is 0 Å². The predicted octanol–water partition coefficient (Wildman–Crippen LogP) is 2.07. The molecule has 16 heavy (non-hydrogen) atoms. The Hall–Kier alpha value is -1.62. The number of aromatic amines is 1. The molecule has 0 radical (unpaired) electrons. The van der Waals surface area contributed by atoms with Gasteiger partial charge in [0.25, 0.3) is 5.56 Å². The van der Waals surface area contributed by atoms with Crippen LogP contribution in [0.25, 0.3) is 10.1 Å². The summed E-state index contributed by atoms with van der Waals surface area (Å²) >= 11 is 1.39. The second-order valence-corrected chi connectivity index (χ2v) is 4.25. The van der Waals surface area contributed by atoms with Crippen molar-refractivity contribution >= 4 is 27.4 Å². The molecule has 0 amide bonds. The number of fused-ring (bicyclic) bond motifs is 1. The van der Waals surface area contributed by atoms with E-state index < -0.39 is 5.97 Å². The van der Waals surface area contributed by atoms with Crippen LogP contribution in [0.1, 0.15) is 22.8 Å². The number of aromatic nitrogens is 1. The number of thiophene rings is 1. The summed E-state index contributed by atoms with van der Waals surface area (Å²) in [6, 6.07) is 0. The smallest absolute Gasteiger partial charge is 0.341 e. The standard InChI is InChI=1S/C11H11NO3S/c1-3-15-11(14)7-4-12-10(13)8-6(2)5-16-9(7)8/h4-5H,3H2,1-2H3,(H,12,13). The molecule has 2 aromatic heterocycles. The van der Waals surface area contributed by atoms with E-state index in [0.29, 0.717) is 22.3 Å². The van der Waals surface area contributed by atoms with Gasteiger partial charge in [0.05, 0.1) is 22.3 Å². The number of esters is 1. The SMILES string of the molecule is CCOC(=O)c1c[nH]c(=O)c2c(C)csc12. The van der Waals surface area contributed by atoms with E-state index in [1.807, 2.05) is 12.3 Å². The van der Waals surface area contributed by atoms with Crippen LogP contribution < -0.4 is 5.56 Å². The Morgan fingerprint density at radius 1 is 1.56 bits per heavy atom. The molecule has 0 aliphatic rings. The maximum Gasteiger partial charge on any atom is 0.341 e. The fourth-order valence-electron chi connectivity index (χ4n) is 1.56. The van der Waals surface area contributed by atoms with Crippen molar-refractivity contribution in [3.05, 3.63) is 33.1 Å². The molecular formula is C11H11NO3S. The van der Waals surface area contributed by atoms with Crippen LogP contribution in [0.5, 0.6) is 0 Å². The lowest BCUT2D eigenvalue weighted by molar-refractivity contribution is 0.0528. The van der Waals surface area contributed by atoms with E-state index in [2.05, 4.69) is 4.98 Å². The minimum atomic E-state index is -0.398. The average molecular weight is 237 g/mol. The number of ether oxygens (including phenoxy) is 1. The first-order valence-electron chi connectivity index (χ1n) is 4.91. The van der Waals surface area contributed by atoms with E-state index in [-0.39, 0.29) is 5.56 Å². The molecule has 0 atom stereocenters. The molecule has 0 fully saturated rings. The number of H-pyrrole nitrogens is 1. The molecule has 1 N–H and O–H groups in total. The molecule has 0 spiro atoms. The van der Waals surface area contributed by atoms with Crippen molar-refractivity contribution < 1.29 is 9.53 Å². The van der Waals surface area contributed by atoms with Crippen molar-refractivity contribution in [3.8, 4) is 0 Å². The summed E-state index contributed by atoms with van der Waals surface area (Å²) in [4.78, 5) is 25.8. The third-order valence-corrected chi connectivity index (χ3v) is 3.42. The monoisotopic (exact) mass is 237 g/mol. The summed E-state index contributed by atoms with van der Waals surface area (Å²) in [6.07, 6.45) is 1.42. The van der Waals surface area contributed by atoms with Gasteiger partial charge in [0, 0.05) is 6.20 Å². The Kier molecular flexibility index (Phi) is 2.78. The predicted molar refractivity (Wildman–Crippen MR) is 63.1 cm³/mol. The Morgan fingerprint density at radius 2 is 2.31 bits per heavy atom. The lowest BCUT2D eigenvalue weighted by Crippen LogP contribution is -2.11. The fraction of sp³-hybridized carbons (Fsp3) is 0.273. The number of aryl methyl sites for hydroxylation is 1. The lowest BCUT2D eigenvalue weighted by atomic mass is 10.2. The summed E-state index contributed by atoms with van der Waals surface area (Å²) in [5, 5.41) is 2.44. The maximum atomic E-state index is 11.6. The van der Waals surface area contributed by atoms with Gasteiger partial charge in [-0.2, -0.15) is 0 Å². The van der Waals surface area contributed by atoms with Crippen LogP contribution in [0.4, 0.5) is 0 Å². The van der Waals surface area contributed by atoms with Crippen LogP contribution in [0.2, 0.25) is 0 Å². The molecule has 5 heteroatoms. The summed E-state index contributed by atoms with van der Waals surface area (Å²) in [7, 11) is 0. The van der Waals surface area contributed by atoms with Gasteiger partial charge in [-0.1, -0.05) is 0 Å². The Balaban J connectivity index is 2.68. The fourth-order valence-corrected chi connectivity index (χ4v) is 2.61. The zero-order valence-electron chi connectivity index (χ0n) is 8.99. The Bertz CT molecular complexity index is 597. The Labute approximate surface area is 95.9 Å². The van der Waals surface area contributed by atoms with Crippen LogP contribution in [0.15, 0.2) is 16.4 Å². The summed E-state index contributed by atoms with van der Waals surface area (Å²) in [6.45, 7) is 3.92. The maximum absolute atomic E-state index is 11.6. The van der Waals surface area contributed by atoms with Crippen molar-refractivity contribution in [1.82, 2.24) is 4.98 Å². The highest BCUT2D eigenvalue weighted by Crippen LogP contribution is 2.25. The molecule has 2 rings (SSSR count). The van der Waals surface area contributed by atoms with Crippen LogP contribution >= 0.6 is 11.3 Å². The quantitative estimate of drug-likeness (QED) is 0.813. The zero-order chi connectivity index (χ0) is 11.7. The van der Waals surface area contributed by atoms with Gasteiger partial charge >= 0.3 is 5.97 Å². The van der Waals surface area contributed by atoms with E-state index in [9.17, 15) is 9.59 Å². The first-order valence-corrected chi connectivity index (χ1v) is 5.79. The second-order valence-electron chi connectivity index (χ2n) is 3.37. The van der Waals surface area contributed by atoms with Crippen molar-refractivity contribution in [2.75, 3.05) is 6.61 Å². The first kappa shape index (κ1) is 10.9. The molecule has 0 aliphatic heterocycles. The normalized spacial score (nSPS) is 10.6. The molecule has 0 bridgehead atoms. The number of carbonyl (C=O) groups excluding carboxylic acids is 1. The highest BCUT2D eigenvalue weighted by atomic mass is 32.1. The molecule has 2 aromatic rings. The van der Waals surface area contributed by atoms with E-state index in [1.165, 1.54) is 17.5 Å². The van der Waals surface area contributed by atoms with Crippen LogP contribution in [-0.2, 0) is 4.74 Å². The minimum Gasteiger partial charge on any atom is -0.462 e. The number of rotatable bonds is 2. The summed E-state index contributed by atoms with van der Waals surface area (Å²) in [5.74, 6) is -0.398. The first-order chi connectivity index (χ1) is 7.65. The molecular weight excluding hydrogens is 226 g/mol. The van der Waals surface area contributed by atoms with Gasteiger partial charge in [0.2, 0.25) is 0 Å². The van der Waals surface area contributed by atoms with E-state index in [4.69, 9.17) is 4.74 Å². The highest BCUT2D eigenvalue weighted by Gasteiger charge is 2.15. The van der Waals surface area contributed by atoms with Crippen LogP contribution in [0.3, 0.4) is 0 Å². The molecule has 84 valence electrons. The summed E-state index contributed by atoms with van der Waals surface area (Å²) < 4.78 is 5.63. The molecule has 0 unspecified atom stereocenters. The lowest BCUT2D eigenvalue weighted by Gasteiger charge is -2.02. The molecule has 0 aliphatic carbocycles. The van der Waals surface area contributed by atoms with Crippen molar-refractivity contribution in [2.45, 2.75) is 13.8 Å². The molecule has 2 heterocycles. The van der Waals surface area contributed by atoms with E-state index >= 15 is 0 Å². The number of nitrogens with one attached hydrogen (secondary N) is 1. The van der Waals surface area contributed by atoms with Gasteiger partial charge in [-0.05, 0) is 24.8 Å². The van der Waals surface area contributed by atoms with Crippen LogP contribution in [-0.4, -0.2) is 17.6 Å². The zero-order valence-corrected chi connectivity index (χ0v) is 9.81. The number of hydrogen-bond acceptors (Lipinski definition) is 4. The second kappa shape index (κ2) is 4.09. The highest BCUT2D eigenvalue weighted by molar-refractivity contribution is 7.17. The number of carbonyl (C=O) groups is 1. The van der Waals surface area contributed by atoms with Gasteiger partial charge in [-0.3, -0.25) is 4.79 Å². The van der Waals surface area contributed by atoms with E-state index in [1.54, 1.807) is 6.92 Å². The van der Waals surface area contributed by atoms with Gasteiger partial charge in [-0.25, -0.2) is 4.79 Å². The van der Waals surface area contributed by atoms with Gasteiger partial charge < -0.3 is 9.72 Å². The third kappa shape index (κ3) is 1.63. The molecule has 0 saturated carbocycles.